The molecule has 2 aliphatic rings. The molecular weight excluding hydrogens is 404 g/mol. The van der Waals surface area contributed by atoms with Crippen molar-refractivity contribution in [3.05, 3.63) is 46.6 Å². The van der Waals surface area contributed by atoms with Crippen molar-refractivity contribution < 1.29 is 4.79 Å². The number of nitrogens with one attached hydrogen (secondary N) is 1. The van der Waals surface area contributed by atoms with Crippen LogP contribution in [0, 0.1) is 5.92 Å². The summed E-state index contributed by atoms with van der Waals surface area (Å²) in [4.78, 5) is 17.9. The number of thiocarbonyl (C=S) groups is 1. The van der Waals surface area contributed by atoms with Crippen molar-refractivity contribution in [3.63, 3.8) is 0 Å². The van der Waals surface area contributed by atoms with Crippen LogP contribution in [0.15, 0.2) is 35.2 Å². The Kier molecular flexibility index (Phi) is 6.25. The Morgan fingerprint density at radius 3 is 2.69 bits per heavy atom. The predicted molar refractivity (Wildman–Crippen MR) is 117 cm³/mol. The quantitative estimate of drug-likeness (QED) is 0.558. The van der Waals surface area contributed by atoms with Gasteiger partial charge in [0.1, 0.15) is 9.23 Å². The van der Waals surface area contributed by atoms with E-state index in [2.05, 4.69) is 44.6 Å². The van der Waals surface area contributed by atoms with Crippen LogP contribution >= 0.6 is 24.0 Å². The van der Waals surface area contributed by atoms with Crippen LogP contribution in [0.5, 0.6) is 0 Å². The van der Waals surface area contributed by atoms with Crippen LogP contribution < -0.4 is 0 Å². The first-order valence-corrected chi connectivity index (χ1v) is 11.2. The summed E-state index contributed by atoms with van der Waals surface area (Å²) in [6.45, 7) is 4.40. The van der Waals surface area contributed by atoms with Crippen LogP contribution in [0.3, 0.4) is 0 Å². The smallest absolute Gasteiger partial charge is 0.268 e. The second-order valence-corrected chi connectivity index (χ2v) is 8.99. The Hall–Kier alpha value is -2.26. The van der Waals surface area contributed by atoms with Crippen molar-refractivity contribution in [2.24, 2.45) is 5.92 Å². The van der Waals surface area contributed by atoms with Crippen LogP contribution in [0.2, 0.25) is 0 Å². The summed E-state index contributed by atoms with van der Waals surface area (Å²) < 4.78 is 0.532. The lowest BCUT2D eigenvalue weighted by atomic mass is 9.91. The highest BCUT2D eigenvalue weighted by Crippen LogP contribution is 2.40. The second kappa shape index (κ2) is 9.04. The predicted octanol–water partition coefficient (Wildman–Crippen LogP) is 3.44. The Balaban J connectivity index is 1.65. The van der Waals surface area contributed by atoms with Crippen molar-refractivity contribution in [1.29, 1.82) is 0 Å². The van der Waals surface area contributed by atoms with Gasteiger partial charge >= 0.3 is 0 Å². The number of thioether (sulfide) groups is 1. The Bertz CT molecular complexity index is 891. The van der Waals surface area contributed by atoms with Gasteiger partial charge in [-0.1, -0.05) is 79.3 Å². The lowest BCUT2D eigenvalue weighted by Gasteiger charge is -2.36. The lowest BCUT2D eigenvalue weighted by Crippen LogP contribution is -2.34. The molecule has 0 radical (unpaired) electrons. The molecular formula is C20H24N6OS2. The first-order valence-electron chi connectivity index (χ1n) is 9.98. The summed E-state index contributed by atoms with van der Waals surface area (Å²) in [5.41, 5.74) is 2.05. The van der Waals surface area contributed by atoms with E-state index in [9.17, 15) is 4.79 Å². The lowest BCUT2D eigenvalue weighted by molar-refractivity contribution is -0.122. The van der Waals surface area contributed by atoms with E-state index in [1.807, 2.05) is 18.2 Å². The van der Waals surface area contributed by atoms with Crippen molar-refractivity contribution in [2.45, 2.75) is 39.2 Å². The maximum absolute atomic E-state index is 13.3. The van der Waals surface area contributed by atoms with E-state index in [0.29, 0.717) is 15.1 Å². The summed E-state index contributed by atoms with van der Waals surface area (Å²) in [6.07, 6.45) is 4.83. The average molecular weight is 429 g/mol. The highest BCUT2D eigenvalue weighted by Gasteiger charge is 2.37. The van der Waals surface area contributed by atoms with Gasteiger partial charge in [-0.25, -0.2) is 0 Å². The number of benzene rings is 1. The van der Waals surface area contributed by atoms with E-state index >= 15 is 0 Å². The van der Waals surface area contributed by atoms with Crippen molar-refractivity contribution in [1.82, 2.24) is 30.4 Å². The molecule has 1 aromatic heterocycles. The normalized spacial score (nSPS) is 19.9. The molecule has 1 N–H and O–H groups in total. The third-order valence-corrected chi connectivity index (χ3v) is 6.87. The number of likely N-dealkylation sites (tertiary alicyclic amines) is 1. The summed E-state index contributed by atoms with van der Waals surface area (Å²) in [5.74, 6) is 1.14. The number of piperidine rings is 1. The molecule has 0 saturated carbocycles. The minimum absolute atomic E-state index is 0.0839. The van der Waals surface area contributed by atoms with Crippen LogP contribution in [0.1, 0.15) is 44.0 Å². The van der Waals surface area contributed by atoms with Gasteiger partial charge in [-0.3, -0.25) is 9.69 Å². The number of rotatable bonds is 6. The van der Waals surface area contributed by atoms with Gasteiger partial charge in [-0.05, 0) is 24.3 Å². The summed E-state index contributed by atoms with van der Waals surface area (Å²) in [5, 5.41) is 13.9. The Labute approximate surface area is 179 Å². The van der Waals surface area contributed by atoms with Gasteiger partial charge in [0.2, 0.25) is 0 Å². The molecule has 29 heavy (non-hydrogen) atoms. The number of hydrogen-bond acceptors (Lipinski definition) is 7. The standard InChI is InChI=1S/C20H24N6OS2/c1-2-6-14-9-11-25(12-10-14)17(15-7-4-3-5-8-15)18-19(27)26(20(28)29-18)13-16-21-23-24-22-16/h3-5,7-8,14H,2,6,9-13H2,1H3,(H,21,22,23,24). The van der Waals surface area contributed by atoms with Crippen molar-refractivity contribution in [2.75, 3.05) is 13.1 Å². The zero-order valence-electron chi connectivity index (χ0n) is 16.4. The van der Waals surface area contributed by atoms with Crippen LogP contribution in [0.4, 0.5) is 0 Å². The van der Waals surface area contributed by atoms with Crippen molar-refractivity contribution in [3.8, 4) is 0 Å². The molecule has 7 nitrogen and oxygen atoms in total. The molecule has 2 saturated heterocycles. The largest absolute Gasteiger partial charge is 0.370 e. The van der Waals surface area contributed by atoms with Gasteiger partial charge in [-0.15, -0.1) is 10.2 Å². The third kappa shape index (κ3) is 4.35. The summed E-state index contributed by atoms with van der Waals surface area (Å²) in [7, 11) is 0. The van der Waals surface area contributed by atoms with E-state index in [0.717, 1.165) is 43.1 Å². The highest BCUT2D eigenvalue weighted by molar-refractivity contribution is 8.26. The molecule has 2 aliphatic heterocycles. The Morgan fingerprint density at radius 2 is 2.03 bits per heavy atom. The fraction of sp³-hybridized carbons (Fsp3) is 0.450. The number of aromatic nitrogens is 4. The van der Waals surface area contributed by atoms with Crippen LogP contribution in [0.25, 0.3) is 5.70 Å². The fourth-order valence-corrected chi connectivity index (χ4v) is 5.35. The molecule has 4 rings (SSSR count). The molecule has 3 heterocycles. The first kappa shape index (κ1) is 20.0. The number of carbonyl (C=O) groups is 1. The molecule has 0 spiro atoms. The van der Waals surface area contributed by atoms with Crippen LogP contribution in [-0.2, 0) is 11.3 Å². The molecule has 0 aliphatic carbocycles. The molecule has 1 aromatic carbocycles. The van der Waals surface area contributed by atoms with E-state index in [4.69, 9.17) is 12.2 Å². The van der Waals surface area contributed by atoms with E-state index in [1.54, 1.807) is 4.90 Å². The molecule has 9 heteroatoms. The highest BCUT2D eigenvalue weighted by atomic mass is 32.2. The molecule has 152 valence electrons. The van der Waals surface area contributed by atoms with Gasteiger partial charge in [0, 0.05) is 13.1 Å². The number of amides is 1. The fourth-order valence-electron chi connectivity index (χ4n) is 3.98. The van der Waals surface area contributed by atoms with Gasteiger partial charge in [0.15, 0.2) is 5.82 Å². The summed E-state index contributed by atoms with van der Waals surface area (Å²) in [6, 6.07) is 10.2. The van der Waals surface area contributed by atoms with Gasteiger partial charge in [0.25, 0.3) is 5.91 Å². The minimum atomic E-state index is -0.0839. The molecule has 2 aromatic rings. The zero-order valence-corrected chi connectivity index (χ0v) is 18.0. The first-order chi connectivity index (χ1) is 14.2. The van der Waals surface area contributed by atoms with Gasteiger partial charge in [0.05, 0.1) is 12.2 Å². The number of H-pyrrole nitrogens is 1. The maximum atomic E-state index is 13.3. The summed E-state index contributed by atoms with van der Waals surface area (Å²) >= 11 is 6.89. The number of nitrogens with zero attached hydrogens (tertiary/aromatic N) is 5. The Morgan fingerprint density at radius 1 is 1.28 bits per heavy atom. The van der Waals surface area contributed by atoms with Crippen LogP contribution in [-0.4, -0.2) is 53.7 Å². The average Bonchev–Trinajstić information content (AvgIpc) is 3.35. The molecule has 1 amide bonds. The number of tetrazole rings is 1. The van der Waals surface area contributed by atoms with E-state index < -0.39 is 0 Å². The minimum Gasteiger partial charge on any atom is -0.370 e. The molecule has 0 unspecified atom stereocenters. The monoisotopic (exact) mass is 428 g/mol. The van der Waals surface area contributed by atoms with Crippen molar-refractivity contribution >= 4 is 39.9 Å². The second-order valence-electron chi connectivity index (χ2n) is 7.35. The molecule has 2 fully saturated rings. The number of hydrogen-bond donors (Lipinski definition) is 1. The molecule has 0 bridgehead atoms. The SMILES string of the molecule is CCCC1CCN(C(=C2SC(=S)N(Cc3nn[nH]n3)C2=O)c2ccccc2)CC1. The van der Waals surface area contributed by atoms with Gasteiger partial charge < -0.3 is 4.90 Å². The molecule has 0 atom stereocenters. The van der Waals surface area contributed by atoms with E-state index in [1.165, 1.54) is 24.6 Å². The zero-order chi connectivity index (χ0) is 20.2. The third-order valence-electron chi connectivity index (χ3n) is 5.43. The number of aromatic amines is 1. The topological polar surface area (TPSA) is 78.0 Å². The number of carbonyl (C=O) groups excluding carboxylic acids is 1. The van der Waals surface area contributed by atoms with E-state index in [-0.39, 0.29) is 12.5 Å². The maximum Gasteiger partial charge on any atom is 0.268 e. The van der Waals surface area contributed by atoms with Gasteiger partial charge in [-0.2, -0.15) is 5.21 Å².